The molecule has 3 N–H and O–H groups in total. The van der Waals surface area contributed by atoms with Crippen LogP contribution in [0.4, 0.5) is 5.82 Å². The average molecular weight is 294 g/mol. The minimum atomic E-state index is -0.281. The Morgan fingerprint density at radius 2 is 2.09 bits per heavy atom. The van der Waals surface area contributed by atoms with Crippen molar-refractivity contribution in [2.75, 3.05) is 5.32 Å². The molecule has 1 amide bonds. The minimum Gasteiger partial charge on any atom is -0.321 e. The van der Waals surface area contributed by atoms with Crippen LogP contribution in [0.1, 0.15) is 29.0 Å². The van der Waals surface area contributed by atoms with Gasteiger partial charge in [0, 0.05) is 23.5 Å². The number of benzene rings is 1. The number of hydrogen-bond acceptors (Lipinski definition) is 3. The van der Waals surface area contributed by atoms with Crippen LogP contribution < -0.4 is 10.9 Å². The second kappa shape index (κ2) is 4.56. The number of aromatic nitrogens is 3. The third-order valence-electron chi connectivity index (χ3n) is 4.19. The molecular formula is C16H14N4O2. The number of nitrogens with zero attached hydrogens (tertiary/aromatic N) is 1. The van der Waals surface area contributed by atoms with Gasteiger partial charge in [0.05, 0.1) is 11.7 Å². The zero-order chi connectivity index (χ0) is 15.3. The van der Waals surface area contributed by atoms with Gasteiger partial charge in [-0.05, 0) is 23.9 Å². The molecule has 0 saturated carbocycles. The van der Waals surface area contributed by atoms with Crippen LogP contribution in [0.3, 0.4) is 0 Å². The predicted octanol–water partition coefficient (Wildman–Crippen LogP) is 2.03. The molecule has 0 spiro atoms. The van der Waals surface area contributed by atoms with E-state index in [9.17, 15) is 9.59 Å². The highest BCUT2D eigenvalue weighted by Gasteiger charge is 2.30. The Labute approximate surface area is 125 Å². The van der Waals surface area contributed by atoms with Crippen molar-refractivity contribution in [1.29, 1.82) is 0 Å². The number of rotatable bonds is 1. The molecule has 110 valence electrons. The Morgan fingerprint density at radius 3 is 2.95 bits per heavy atom. The molecule has 0 fully saturated rings. The standard InChI is InChI=1S/C16H14N4O2/c1-8-3-2-4-9-5-11(16(22)19-14(8)9)10-6-13(21)18-15-12(10)7-17-20-15/h2-5,7,10H,6H2,1H3,(H,19,22)(H2,17,18,20,21). The van der Waals surface area contributed by atoms with Crippen LogP contribution in [0.25, 0.3) is 10.9 Å². The number of para-hydroxylation sites is 1. The molecule has 1 aliphatic heterocycles. The lowest BCUT2D eigenvalue weighted by Gasteiger charge is -2.21. The molecule has 0 radical (unpaired) electrons. The average Bonchev–Trinajstić information content (AvgIpc) is 2.95. The Bertz CT molecular complexity index is 954. The van der Waals surface area contributed by atoms with E-state index in [1.54, 1.807) is 6.20 Å². The van der Waals surface area contributed by atoms with Gasteiger partial charge in [-0.2, -0.15) is 5.10 Å². The summed E-state index contributed by atoms with van der Waals surface area (Å²) in [6, 6.07) is 7.75. The molecule has 6 nitrogen and oxygen atoms in total. The van der Waals surface area contributed by atoms with Crippen LogP contribution in [-0.2, 0) is 4.79 Å². The van der Waals surface area contributed by atoms with Gasteiger partial charge in [-0.3, -0.25) is 14.7 Å². The first-order valence-electron chi connectivity index (χ1n) is 7.09. The lowest BCUT2D eigenvalue weighted by Crippen LogP contribution is -2.27. The number of pyridine rings is 1. The Balaban J connectivity index is 1.94. The number of aromatic amines is 2. The summed E-state index contributed by atoms with van der Waals surface area (Å²) in [5.41, 5.74) is 3.14. The molecule has 1 unspecified atom stereocenters. The van der Waals surface area contributed by atoms with Gasteiger partial charge in [0.2, 0.25) is 5.91 Å². The summed E-state index contributed by atoms with van der Waals surface area (Å²) in [5.74, 6) is 0.173. The first kappa shape index (κ1) is 12.8. The molecule has 4 rings (SSSR count). The van der Waals surface area contributed by atoms with E-state index >= 15 is 0 Å². The van der Waals surface area contributed by atoms with Crippen LogP contribution in [0, 0.1) is 6.92 Å². The van der Waals surface area contributed by atoms with E-state index < -0.39 is 0 Å². The number of carbonyl (C=O) groups is 1. The summed E-state index contributed by atoms with van der Waals surface area (Å²) in [5, 5.41) is 10.4. The molecule has 22 heavy (non-hydrogen) atoms. The second-order valence-corrected chi connectivity index (χ2v) is 5.60. The van der Waals surface area contributed by atoms with Gasteiger partial charge in [0.25, 0.3) is 5.56 Å². The molecule has 3 aromatic rings. The number of nitrogens with one attached hydrogen (secondary N) is 3. The fraction of sp³-hybridized carbons (Fsp3) is 0.188. The van der Waals surface area contributed by atoms with Gasteiger partial charge in [-0.1, -0.05) is 18.2 Å². The summed E-state index contributed by atoms with van der Waals surface area (Å²) in [7, 11) is 0. The lowest BCUT2D eigenvalue weighted by atomic mass is 9.87. The number of carbonyl (C=O) groups excluding carboxylic acids is 1. The van der Waals surface area contributed by atoms with Crippen LogP contribution in [-0.4, -0.2) is 21.1 Å². The summed E-state index contributed by atoms with van der Waals surface area (Å²) in [4.78, 5) is 27.3. The maximum absolute atomic E-state index is 12.5. The number of aryl methyl sites for hydroxylation is 1. The summed E-state index contributed by atoms with van der Waals surface area (Å²) < 4.78 is 0. The number of fused-ring (bicyclic) bond motifs is 2. The van der Waals surface area contributed by atoms with E-state index in [1.165, 1.54) is 0 Å². The van der Waals surface area contributed by atoms with Crippen molar-refractivity contribution in [1.82, 2.24) is 15.2 Å². The third kappa shape index (κ3) is 1.84. The van der Waals surface area contributed by atoms with Crippen molar-refractivity contribution < 1.29 is 4.79 Å². The summed E-state index contributed by atoms with van der Waals surface area (Å²) in [6.45, 7) is 1.96. The monoisotopic (exact) mass is 294 g/mol. The molecule has 3 heterocycles. The first-order chi connectivity index (χ1) is 10.6. The van der Waals surface area contributed by atoms with Crippen molar-refractivity contribution in [3.8, 4) is 0 Å². The summed E-state index contributed by atoms with van der Waals surface area (Å²) >= 11 is 0. The van der Waals surface area contributed by atoms with E-state index in [0.29, 0.717) is 11.4 Å². The van der Waals surface area contributed by atoms with Gasteiger partial charge < -0.3 is 10.3 Å². The molecule has 0 bridgehead atoms. The van der Waals surface area contributed by atoms with E-state index in [1.807, 2.05) is 31.2 Å². The van der Waals surface area contributed by atoms with E-state index in [0.717, 1.165) is 22.0 Å². The molecule has 0 saturated heterocycles. The van der Waals surface area contributed by atoms with Gasteiger partial charge in [-0.25, -0.2) is 0 Å². The van der Waals surface area contributed by atoms with Crippen LogP contribution in [0.2, 0.25) is 0 Å². The van der Waals surface area contributed by atoms with E-state index in [-0.39, 0.29) is 23.8 Å². The van der Waals surface area contributed by atoms with Gasteiger partial charge in [-0.15, -0.1) is 0 Å². The van der Waals surface area contributed by atoms with Gasteiger partial charge >= 0.3 is 0 Å². The molecule has 1 aliphatic rings. The van der Waals surface area contributed by atoms with Crippen molar-refractivity contribution in [3.63, 3.8) is 0 Å². The Kier molecular flexibility index (Phi) is 2.66. The third-order valence-corrected chi connectivity index (χ3v) is 4.19. The SMILES string of the molecule is Cc1cccc2cc(C3CC(=O)Nc4[nH]ncc43)c(=O)[nH]c12. The zero-order valence-corrected chi connectivity index (χ0v) is 11.9. The largest absolute Gasteiger partial charge is 0.321 e. The quantitative estimate of drug-likeness (QED) is 0.641. The molecule has 2 aromatic heterocycles. The Hall–Kier alpha value is -2.89. The highest BCUT2D eigenvalue weighted by atomic mass is 16.2. The number of amides is 1. The summed E-state index contributed by atoms with van der Waals surface area (Å²) in [6.07, 6.45) is 1.91. The fourth-order valence-electron chi connectivity index (χ4n) is 3.08. The van der Waals surface area contributed by atoms with Crippen molar-refractivity contribution in [2.24, 2.45) is 0 Å². The number of hydrogen-bond donors (Lipinski definition) is 3. The first-order valence-corrected chi connectivity index (χ1v) is 7.09. The maximum Gasteiger partial charge on any atom is 0.252 e. The highest BCUT2D eigenvalue weighted by Crippen LogP contribution is 2.34. The molecule has 1 aromatic carbocycles. The molecule has 0 aliphatic carbocycles. The lowest BCUT2D eigenvalue weighted by molar-refractivity contribution is -0.116. The highest BCUT2D eigenvalue weighted by molar-refractivity contribution is 5.94. The minimum absolute atomic E-state index is 0.120. The van der Waals surface area contributed by atoms with Gasteiger partial charge in [0.15, 0.2) is 0 Å². The number of H-pyrrole nitrogens is 2. The second-order valence-electron chi connectivity index (χ2n) is 5.60. The van der Waals surface area contributed by atoms with Crippen molar-refractivity contribution in [3.05, 3.63) is 57.5 Å². The zero-order valence-electron chi connectivity index (χ0n) is 11.9. The van der Waals surface area contributed by atoms with Gasteiger partial charge in [0.1, 0.15) is 5.82 Å². The topological polar surface area (TPSA) is 90.6 Å². The molecular weight excluding hydrogens is 280 g/mol. The Morgan fingerprint density at radius 1 is 1.23 bits per heavy atom. The maximum atomic E-state index is 12.5. The molecule has 6 heteroatoms. The normalized spacial score (nSPS) is 17.3. The van der Waals surface area contributed by atoms with Crippen molar-refractivity contribution >= 4 is 22.6 Å². The fourth-order valence-corrected chi connectivity index (χ4v) is 3.08. The molecule has 1 atom stereocenters. The van der Waals surface area contributed by atoms with E-state index in [2.05, 4.69) is 20.5 Å². The predicted molar refractivity (Wildman–Crippen MR) is 83.0 cm³/mol. The number of anilines is 1. The van der Waals surface area contributed by atoms with E-state index in [4.69, 9.17) is 0 Å². The van der Waals surface area contributed by atoms with Crippen LogP contribution >= 0.6 is 0 Å². The van der Waals surface area contributed by atoms with Crippen LogP contribution in [0.5, 0.6) is 0 Å². The smallest absolute Gasteiger partial charge is 0.252 e. The van der Waals surface area contributed by atoms with Crippen LogP contribution in [0.15, 0.2) is 35.3 Å². The van der Waals surface area contributed by atoms with Crippen molar-refractivity contribution in [2.45, 2.75) is 19.3 Å².